The van der Waals surface area contributed by atoms with E-state index in [1.54, 1.807) is 13.0 Å². The molecule has 1 aromatic carbocycles. The molecule has 1 atom stereocenters. The van der Waals surface area contributed by atoms with E-state index in [0.717, 1.165) is 6.07 Å². The lowest BCUT2D eigenvalue weighted by Gasteiger charge is -2.30. The highest BCUT2D eigenvalue weighted by Crippen LogP contribution is 2.45. The van der Waals surface area contributed by atoms with Gasteiger partial charge in [-0.15, -0.1) is 0 Å². The second kappa shape index (κ2) is 6.53. The Bertz CT molecular complexity index is 1080. The second-order valence-electron chi connectivity index (χ2n) is 6.42. The molecular formula is C19H17BrF3NO3. The van der Waals surface area contributed by atoms with Crippen molar-refractivity contribution in [1.29, 1.82) is 0 Å². The highest BCUT2D eigenvalue weighted by molar-refractivity contribution is 9.10. The van der Waals surface area contributed by atoms with E-state index in [2.05, 4.69) is 20.9 Å². The van der Waals surface area contributed by atoms with Gasteiger partial charge in [-0.3, -0.25) is 0 Å². The molecule has 0 aliphatic heterocycles. The maximum Gasteiger partial charge on any atom is 0.427 e. The molecule has 0 bridgehead atoms. The number of H-pyrrole nitrogens is 1. The summed E-state index contributed by atoms with van der Waals surface area (Å²) in [6.45, 7) is 4.93. The van der Waals surface area contributed by atoms with E-state index in [4.69, 9.17) is 4.42 Å². The predicted molar refractivity (Wildman–Crippen MR) is 98.9 cm³/mol. The molecule has 0 saturated heterocycles. The van der Waals surface area contributed by atoms with Crippen LogP contribution in [0.4, 0.5) is 13.2 Å². The molecule has 144 valence electrons. The molecule has 3 aromatic rings. The average molecular weight is 444 g/mol. The number of rotatable bonds is 3. The summed E-state index contributed by atoms with van der Waals surface area (Å²) < 4.78 is 48.0. The number of fused-ring (bicyclic) bond motifs is 1. The minimum Gasteiger partial charge on any atom is -0.422 e. The predicted octanol–water partition coefficient (Wildman–Crippen LogP) is 4.86. The van der Waals surface area contributed by atoms with Crippen LogP contribution in [-0.4, -0.2) is 16.3 Å². The Hall–Kier alpha value is -2.06. The fourth-order valence-corrected chi connectivity index (χ4v) is 3.84. The first-order valence-corrected chi connectivity index (χ1v) is 9.01. The van der Waals surface area contributed by atoms with E-state index in [1.165, 1.54) is 19.1 Å². The molecule has 0 spiro atoms. The molecule has 0 radical (unpaired) electrons. The number of hydrogen-bond donors (Lipinski definition) is 2. The second-order valence-corrected chi connectivity index (χ2v) is 7.34. The van der Waals surface area contributed by atoms with Gasteiger partial charge < -0.3 is 14.5 Å². The van der Waals surface area contributed by atoms with Crippen LogP contribution in [0.3, 0.4) is 0 Å². The summed E-state index contributed by atoms with van der Waals surface area (Å²) in [4.78, 5) is 15.0. The van der Waals surface area contributed by atoms with Crippen LogP contribution < -0.4 is 5.63 Å². The van der Waals surface area contributed by atoms with Crippen molar-refractivity contribution >= 4 is 26.9 Å². The number of hydrogen-bond acceptors (Lipinski definition) is 3. The van der Waals surface area contributed by atoms with Crippen LogP contribution >= 0.6 is 15.9 Å². The van der Waals surface area contributed by atoms with Gasteiger partial charge >= 0.3 is 11.8 Å². The number of aromatic amines is 1. The number of benzene rings is 1. The highest BCUT2D eigenvalue weighted by Gasteiger charge is 2.60. The average Bonchev–Trinajstić information content (AvgIpc) is 2.87. The van der Waals surface area contributed by atoms with Crippen molar-refractivity contribution in [3.8, 4) is 0 Å². The van der Waals surface area contributed by atoms with Crippen LogP contribution in [0.15, 0.2) is 37.9 Å². The molecule has 27 heavy (non-hydrogen) atoms. The Labute approximate surface area is 161 Å². The van der Waals surface area contributed by atoms with E-state index < -0.39 is 28.7 Å². The largest absolute Gasteiger partial charge is 0.427 e. The lowest BCUT2D eigenvalue weighted by molar-refractivity contribution is -0.250. The van der Waals surface area contributed by atoms with Crippen molar-refractivity contribution in [2.24, 2.45) is 0 Å². The Morgan fingerprint density at radius 2 is 1.89 bits per heavy atom. The smallest absolute Gasteiger partial charge is 0.422 e. The monoisotopic (exact) mass is 443 g/mol. The molecular weight excluding hydrogens is 427 g/mol. The molecule has 4 nitrogen and oxygen atoms in total. The summed E-state index contributed by atoms with van der Waals surface area (Å²) >= 11 is 3.23. The molecule has 0 aliphatic carbocycles. The Balaban J connectivity index is 2.39. The zero-order valence-electron chi connectivity index (χ0n) is 14.8. The standard InChI is InChI=1S/C19H17BrF3NO3/c1-4-13-9(2)16(24-10(13)3)18(26,19(21,22)23)14-8-11-7-12(20)5-6-15(11)27-17(14)25/h5-8,24,26H,4H2,1-3H3. The van der Waals surface area contributed by atoms with E-state index in [1.807, 2.05) is 6.92 Å². The normalized spacial score (nSPS) is 14.5. The van der Waals surface area contributed by atoms with Crippen LogP contribution in [0.5, 0.6) is 0 Å². The lowest BCUT2D eigenvalue weighted by atomic mass is 9.87. The summed E-state index contributed by atoms with van der Waals surface area (Å²) in [5.41, 5.74) is -4.53. The van der Waals surface area contributed by atoms with Crippen LogP contribution in [0.2, 0.25) is 0 Å². The number of halogens is 4. The Kier molecular flexibility index (Phi) is 4.76. The molecule has 0 fully saturated rings. The van der Waals surface area contributed by atoms with Gasteiger partial charge in [-0.05, 0) is 55.7 Å². The highest BCUT2D eigenvalue weighted by atomic mass is 79.9. The molecule has 2 aromatic heterocycles. The van der Waals surface area contributed by atoms with Crippen LogP contribution in [0.25, 0.3) is 11.0 Å². The van der Waals surface area contributed by atoms with Gasteiger partial charge in [0.05, 0.1) is 11.3 Å². The molecule has 8 heteroatoms. The van der Waals surface area contributed by atoms with Gasteiger partial charge in [0.1, 0.15) is 5.58 Å². The van der Waals surface area contributed by atoms with E-state index >= 15 is 0 Å². The van der Waals surface area contributed by atoms with Gasteiger partial charge in [0.15, 0.2) is 0 Å². The topological polar surface area (TPSA) is 66.2 Å². The minimum absolute atomic E-state index is 0.130. The van der Waals surface area contributed by atoms with Crippen molar-refractivity contribution in [2.45, 2.75) is 39.0 Å². The van der Waals surface area contributed by atoms with Crippen molar-refractivity contribution < 1.29 is 22.7 Å². The molecule has 0 aliphatic rings. The van der Waals surface area contributed by atoms with E-state index in [0.29, 0.717) is 22.2 Å². The number of nitrogens with one attached hydrogen (secondary N) is 1. The quantitative estimate of drug-likeness (QED) is 0.568. The fraction of sp³-hybridized carbons (Fsp3) is 0.316. The van der Waals surface area contributed by atoms with Gasteiger partial charge in [-0.25, -0.2) is 4.79 Å². The summed E-state index contributed by atoms with van der Waals surface area (Å²) in [5, 5.41) is 11.1. The first-order chi connectivity index (χ1) is 12.5. The third-order valence-electron chi connectivity index (χ3n) is 4.80. The maximum atomic E-state index is 14.1. The van der Waals surface area contributed by atoms with Crippen molar-refractivity contribution in [3.05, 3.63) is 67.2 Å². The van der Waals surface area contributed by atoms with Crippen LogP contribution in [0, 0.1) is 13.8 Å². The molecule has 3 rings (SSSR count). The van der Waals surface area contributed by atoms with Crippen molar-refractivity contribution in [3.63, 3.8) is 0 Å². The SMILES string of the molecule is CCc1c(C)[nH]c(C(O)(c2cc3cc(Br)ccc3oc2=O)C(F)(F)F)c1C. The van der Waals surface area contributed by atoms with E-state index in [9.17, 15) is 23.1 Å². The summed E-state index contributed by atoms with van der Waals surface area (Å²) in [5.74, 6) is 0. The zero-order valence-corrected chi connectivity index (χ0v) is 16.4. The molecule has 2 N–H and O–H groups in total. The third kappa shape index (κ3) is 3.00. The molecule has 0 amide bonds. The Morgan fingerprint density at radius 3 is 2.44 bits per heavy atom. The Morgan fingerprint density at radius 1 is 1.22 bits per heavy atom. The number of aryl methyl sites for hydroxylation is 1. The fourth-order valence-electron chi connectivity index (χ4n) is 3.46. The van der Waals surface area contributed by atoms with E-state index in [-0.39, 0.29) is 16.5 Å². The first kappa shape index (κ1) is 19.7. The summed E-state index contributed by atoms with van der Waals surface area (Å²) in [6.07, 6.45) is -4.66. The third-order valence-corrected chi connectivity index (χ3v) is 5.30. The summed E-state index contributed by atoms with van der Waals surface area (Å²) in [7, 11) is 0. The number of alkyl halides is 3. The van der Waals surface area contributed by atoms with Crippen LogP contribution in [0.1, 0.15) is 35.0 Å². The number of aromatic nitrogens is 1. The van der Waals surface area contributed by atoms with Crippen LogP contribution in [-0.2, 0) is 12.0 Å². The maximum absolute atomic E-state index is 14.1. The van der Waals surface area contributed by atoms with Gasteiger partial charge in [-0.2, -0.15) is 13.2 Å². The first-order valence-electron chi connectivity index (χ1n) is 8.22. The van der Waals surface area contributed by atoms with Crippen molar-refractivity contribution in [1.82, 2.24) is 4.98 Å². The lowest BCUT2D eigenvalue weighted by Crippen LogP contribution is -2.47. The molecule has 2 heterocycles. The van der Waals surface area contributed by atoms with Gasteiger partial charge in [0.25, 0.3) is 0 Å². The minimum atomic E-state index is -5.14. The van der Waals surface area contributed by atoms with Gasteiger partial charge in [0.2, 0.25) is 5.60 Å². The molecule has 0 saturated carbocycles. The van der Waals surface area contributed by atoms with Gasteiger partial charge in [-0.1, -0.05) is 22.9 Å². The molecule has 1 unspecified atom stereocenters. The van der Waals surface area contributed by atoms with Gasteiger partial charge in [0, 0.05) is 15.6 Å². The van der Waals surface area contributed by atoms with Crippen molar-refractivity contribution in [2.75, 3.05) is 0 Å². The zero-order chi connectivity index (χ0) is 20.1. The summed E-state index contributed by atoms with van der Waals surface area (Å²) in [6, 6.07) is 5.62. The number of aliphatic hydroxyl groups is 1.